The molecule has 0 N–H and O–H groups in total. The zero-order valence-electron chi connectivity index (χ0n) is 17.4. The molecule has 152 valence electrons. The van der Waals surface area contributed by atoms with E-state index in [1.807, 2.05) is 11.3 Å². The molecule has 4 aromatic rings. The topological polar surface area (TPSA) is 19.4 Å². The average molecular weight is 414 g/mol. The van der Waals surface area contributed by atoms with Crippen molar-refractivity contribution in [3.8, 4) is 0 Å². The lowest BCUT2D eigenvalue weighted by Gasteiger charge is -2.39. The number of benzene rings is 3. The van der Waals surface area contributed by atoms with Crippen LogP contribution in [0.1, 0.15) is 29.7 Å². The van der Waals surface area contributed by atoms with E-state index in [1.165, 1.54) is 21.4 Å². The third-order valence-corrected chi connectivity index (χ3v) is 7.11. The van der Waals surface area contributed by atoms with Crippen LogP contribution in [0.25, 0.3) is 10.2 Å². The van der Waals surface area contributed by atoms with Crippen molar-refractivity contribution in [3.63, 3.8) is 0 Å². The number of rotatable bonds is 5. The van der Waals surface area contributed by atoms with E-state index in [-0.39, 0.29) is 0 Å². The van der Waals surface area contributed by atoms with Gasteiger partial charge >= 0.3 is 0 Å². The number of hydrogen-bond donors (Lipinski definition) is 0. The van der Waals surface area contributed by atoms with Crippen LogP contribution in [-0.4, -0.2) is 36.1 Å². The van der Waals surface area contributed by atoms with Crippen LogP contribution in [0.15, 0.2) is 78.9 Å². The van der Waals surface area contributed by atoms with E-state index in [4.69, 9.17) is 4.98 Å². The summed E-state index contributed by atoms with van der Waals surface area (Å²) < 4.78 is 1.30. The van der Waals surface area contributed by atoms with Crippen LogP contribution in [0.5, 0.6) is 0 Å². The molecule has 4 heteroatoms. The van der Waals surface area contributed by atoms with Gasteiger partial charge in [-0.2, -0.15) is 0 Å². The third kappa shape index (κ3) is 3.85. The Labute approximate surface area is 182 Å². The first-order chi connectivity index (χ1) is 14.8. The monoisotopic (exact) mass is 413 g/mol. The molecule has 0 amide bonds. The molecule has 0 atom stereocenters. The van der Waals surface area contributed by atoms with Gasteiger partial charge in [0.2, 0.25) is 0 Å². The predicted molar refractivity (Wildman–Crippen MR) is 128 cm³/mol. The van der Waals surface area contributed by atoms with Crippen molar-refractivity contribution in [2.24, 2.45) is 0 Å². The lowest BCUT2D eigenvalue weighted by atomic mass is 9.96. The van der Waals surface area contributed by atoms with Crippen molar-refractivity contribution in [3.05, 3.63) is 95.6 Å². The number of aromatic nitrogens is 1. The molecule has 5 rings (SSSR count). The summed E-state index contributed by atoms with van der Waals surface area (Å²) in [5.41, 5.74) is 5.24. The number of nitrogens with zero attached hydrogens (tertiary/aromatic N) is 3. The summed E-state index contributed by atoms with van der Waals surface area (Å²) in [4.78, 5) is 10.00. The Morgan fingerprint density at radius 1 is 0.833 bits per heavy atom. The average Bonchev–Trinajstić information content (AvgIpc) is 3.24. The molecular weight excluding hydrogens is 386 g/mol. The van der Waals surface area contributed by atoms with E-state index in [2.05, 4.69) is 95.6 Å². The van der Waals surface area contributed by atoms with Gasteiger partial charge in [-0.25, -0.2) is 4.98 Å². The minimum absolute atomic E-state index is 0.303. The van der Waals surface area contributed by atoms with Gasteiger partial charge in [-0.05, 0) is 35.2 Å². The van der Waals surface area contributed by atoms with Crippen LogP contribution in [0.3, 0.4) is 0 Å². The van der Waals surface area contributed by atoms with Gasteiger partial charge in [0.25, 0.3) is 0 Å². The number of aryl methyl sites for hydroxylation is 1. The Balaban J connectivity index is 1.36. The first-order valence-corrected chi connectivity index (χ1v) is 11.6. The van der Waals surface area contributed by atoms with Gasteiger partial charge in [-0.15, -0.1) is 0 Å². The van der Waals surface area contributed by atoms with Gasteiger partial charge in [0.15, 0.2) is 5.13 Å². The Morgan fingerprint density at radius 2 is 1.47 bits per heavy atom. The molecule has 0 unspecified atom stereocenters. The van der Waals surface area contributed by atoms with Gasteiger partial charge < -0.3 is 4.90 Å². The van der Waals surface area contributed by atoms with E-state index >= 15 is 0 Å². The molecule has 1 aliphatic rings. The summed E-state index contributed by atoms with van der Waals surface area (Å²) in [6.45, 7) is 6.29. The van der Waals surface area contributed by atoms with Gasteiger partial charge in [0, 0.05) is 26.2 Å². The SMILES string of the molecule is CCc1ccc2nc(N3CCN(C(c4ccccc4)c4ccccc4)CC3)sc2c1. The zero-order valence-corrected chi connectivity index (χ0v) is 18.2. The maximum absolute atomic E-state index is 4.92. The molecule has 1 fully saturated rings. The number of anilines is 1. The Morgan fingerprint density at radius 3 is 2.07 bits per heavy atom. The molecule has 1 aromatic heterocycles. The molecule has 3 aromatic carbocycles. The maximum atomic E-state index is 4.92. The van der Waals surface area contributed by atoms with E-state index in [1.54, 1.807) is 0 Å². The first kappa shape index (κ1) is 19.3. The summed E-state index contributed by atoms with van der Waals surface area (Å²) in [6, 6.07) is 28.8. The summed E-state index contributed by atoms with van der Waals surface area (Å²) in [6.07, 6.45) is 1.07. The fourth-order valence-corrected chi connectivity index (χ4v) is 5.45. The van der Waals surface area contributed by atoms with E-state index in [0.717, 1.165) is 43.2 Å². The highest BCUT2D eigenvalue weighted by Gasteiger charge is 2.27. The summed E-state index contributed by atoms with van der Waals surface area (Å²) in [5.74, 6) is 0. The van der Waals surface area contributed by atoms with E-state index in [9.17, 15) is 0 Å². The lowest BCUT2D eigenvalue weighted by molar-refractivity contribution is 0.212. The molecule has 0 radical (unpaired) electrons. The van der Waals surface area contributed by atoms with Crippen molar-refractivity contribution in [1.82, 2.24) is 9.88 Å². The molecule has 3 nitrogen and oxygen atoms in total. The largest absolute Gasteiger partial charge is 0.345 e. The van der Waals surface area contributed by atoms with Crippen molar-refractivity contribution < 1.29 is 0 Å². The molecule has 2 heterocycles. The smallest absolute Gasteiger partial charge is 0.186 e. The van der Waals surface area contributed by atoms with Crippen molar-refractivity contribution in [1.29, 1.82) is 0 Å². The second-order valence-corrected chi connectivity index (χ2v) is 8.91. The summed E-state index contributed by atoms with van der Waals surface area (Å²) in [7, 11) is 0. The Hall–Kier alpha value is -2.69. The van der Waals surface area contributed by atoms with Crippen LogP contribution in [0.2, 0.25) is 0 Å². The van der Waals surface area contributed by atoms with E-state index in [0.29, 0.717) is 6.04 Å². The van der Waals surface area contributed by atoms with Gasteiger partial charge in [-0.3, -0.25) is 4.90 Å². The van der Waals surface area contributed by atoms with Gasteiger partial charge in [0.1, 0.15) is 0 Å². The van der Waals surface area contributed by atoms with Crippen molar-refractivity contribution in [2.45, 2.75) is 19.4 Å². The number of hydrogen-bond acceptors (Lipinski definition) is 4. The van der Waals surface area contributed by atoms with E-state index < -0.39 is 0 Å². The Bertz CT molecular complexity index is 1060. The van der Waals surface area contributed by atoms with Gasteiger partial charge in [-0.1, -0.05) is 85.0 Å². The molecule has 0 bridgehead atoms. The van der Waals surface area contributed by atoms with Crippen LogP contribution < -0.4 is 4.90 Å². The summed E-state index contributed by atoms with van der Waals surface area (Å²) in [5, 5.41) is 1.16. The maximum Gasteiger partial charge on any atom is 0.186 e. The molecule has 0 aliphatic carbocycles. The fraction of sp³-hybridized carbons (Fsp3) is 0.269. The number of piperazine rings is 1. The predicted octanol–water partition coefficient (Wildman–Crippen LogP) is 5.77. The normalized spacial score (nSPS) is 15.2. The van der Waals surface area contributed by atoms with Crippen LogP contribution in [-0.2, 0) is 6.42 Å². The minimum atomic E-state index is 0.303. The lowest BCUT2D eigenvalue weighted by Crippen LogP contribution is -2.47. The number of thiazole rings is 1. The van der Waals surface area contributed by atoms with Gasteiger partial charge in [0.05, 0.1) is 16.3 Å². The second kappa shape index (κ2) is 8.58. The highest BCUT2D eigenvalue weighted by molar-refractivity contribution is 7.22. The molecular formula is C26H27N3S. The molecule has 1 aliphatic heterocycles. The zero-order chi connectivity index (χ0) is 20.3. The number of fused-ring (bicyclic) bond motifs is 1. The fourth-order valence-electron chi connectivity index (χ4n) is 4.37. The Kier molecular flexibility index (Phi) is 5.52. The van der Waals surface area contributed by atoms with Crippen LogP contribution >= 0.6 is 11.3 Å². The van der Waals surface area contributed by atoms with Crippen molar-refractivity contribution in [2.75, 3.05) is 31.1 Å². The molecule has 0 saturated carbocycles. The van der Waals surface area contributed by atoms with Crippen LogP contribution in [0, 0.1) is 0 Å². The molecule has 30 heavy (non-hydrogen) atoms. The molecule has 0 spiro atoms. The quantitative estimate of drug-likeness (QED) is 0.414. The second-order valence-electron chi connectivity index (χ2n) is 7.90. The summed E-state index contributed by atoms with van der Waals surface area (Å²) >= 11 is 1.83. The molecule has 1 saturated heterocycles. The van der Waals surface area contributed by atoms with Crippen LogP contribution in [0.4, 0.5) is 5.13 Å². The highest BCUT2D eigenvalue weighted by atomic mass is 32.1. The van der Waals surface area contributed by atoms with Crippen molar-refractivity contribution >= 4 is 26.7 Å². The standard InChI is InChI=1S/C26H27N3S/c1-2-20-13-14-23-24(19-20)30-26(27-23)29-17-15-28(16-18-29)25(21-9-5-3-6-10-21)22-11-7-4-8-12-22/h3-14,19,25H,2,15-18H2,1H3. The third-order valence-electron chi connectivity index (χ3n) is 6.03. The minimum Gasteiger partial charge on any atom is -0.345 e. The highest BCUT2D eigenvalue weighted by Crippen LogP contribution is 2.33. The first-order valence-electron chi connectivity index (χ1n) is 10.8.